The molecule has 0 aliphatic heterocycles. The molecule has 0 heterocycles. The van der Waals surface area contributed by atoms with Crippen LogP contribution in [0.5, 0.6) is 5.75 Å². The number of benzene rings is 2. The Kier molecular flexibility index (Phi) is 6.12. The summed E-state index contributed by atoms with van der Waals surface area (Å²) >= 11 is 0. The van der Waals surface area contributed by atoms with Gasteiger partial charge in [0.1, 0.15) is 12.4 Å². The van der Waals surface area contributed by atoms with Gasteiger partial charge < -0.3 is 15.2 Å². The SMILES string of the molecule is Cc1ccc(OCc2ccccc2)c(NC(=O)C2CCCC(C(=O)O)C2)c1. The molecule has 0 saturated heterocycles. The summed E-state index contributed by atoms with van der Waals surface area (Å²) in [6.45, 7) is 2.37. The summed E-state index contributed by atoms with van der Waals surface area (Å²) in [5.74, 6) is -1.03. The van der Waals surface area contributed by atoms with Gasteiger partial charge in [0.05, 0.1) is 11.6 Å². The fraction of sp³-hybridized carbons (Fsp3) is 0.364. The van der Waals surface area contributed by atoms with Crippen LogP contribution < -0.4 is 10.1 Å². The molecule has 2 N–H and O–H groups in total. The van der Waals surface area contributed by atoms with Crippen molar-refractivity contribution in [1.82, 2.24) is 0 Å². The van der Waals surface area contributed by atoms with Crippen molar-refractivity contribution in [2.75, 3.05) is 5.32 Å². The van der Waals surface area contributed by atoms with Crippen molar-refractivity contribution in [2.45, 2.75) is 39.2 Å². The van der Waals surface area contributed by atoms with Crippen LogP contribution in [0.25, 0.3) is 0 Å². The van der Waals surface area contributed by atoms with Crippen LogP contribution >= 0.6 is 0 Å². The van der Waals surface area contributed by atoms with Crippen molar-refractivity contribution in [3.05, 3.63) is 59.7 Å². The van der Waals surface area contributed by atoms with E-state index < -0.39 is 11.9 Å². The third kappa shape index (κ3) is 5.09. The van der Waals surface area contributed by atoms with Crippen LogP contribution in [-0.2, 0) is 16.2 Å². The average Bonchev–Trinajstić information content (AvgIpc) is 2.68. The normalized spacial score (nSPS) is 19.3. The van der Waals surface area contributed by atoms with Crippen LogP contribution in [0, 0.1) is 18.8 Å². The van der Waals surface area contributed by atoms with Crippen molar-refractivity contribution >= 4 is 17.6 Å². The highest BCUT2D eigenvalue weighted by atomic mass is 16.5. The van der Waals surface area contributed by atoms with Gasteiger partial charge in [-0.15, -0.1) is 0 Å². The molecule has 0 bridgehead atoms. The van der Waals surface area contributed by atoms with Crippen LogP contribution in [0.15, 0.2) is 48.5 Å². The number of nitrogens with one attached hydrogen (secondary N) is 1. The fourth-order valence-electron chi connectivity index (χ4n) is 3.49. The van der Waals surface area contributed by atoms with E-state index in [0.717, 1.165) is 24.0 Å². The maximum absolute atomic E-state index is 12.7. The lowest BCUT2D eigenvalue weighted by Crippen LogP contribution is -2.31. The Labute approximate surface area is 159 Å². The molecule has 2 unspecified atom stereocenters. The Bertz CT molecular complexity index is 803. The molecule has 2 atom stereocenters. The second kappa shape index (κ2) is 8.71. The van der Waals surface area contributed by atoms with Gasteiger partial charge in [0, 0.05) is 5.92 Å². The van der Waals surface area contributed by atoms with Gasteiger partial charge in [-0.3, -0.25) is 9.59 Å². The number of hydrogen-bond acceptors (Lipinski definition) is 3. The molecule has 27 heavy (non-hydrogen) atoms. The molecule has 2 aromatic rings. The van der Waals surface area contributed by atoms with Gasteiger partial charge in [-0.05, 0) is 49.4 Å². The van der Waals surface area contributed by atoms with Gasteiger partial charge in [-0.1, -0.05) is 42.8 Å². The predicted molar refractivity (Wildman–Crippen MR) is 104 cm³/mol. The summed E-state index contributed by atoms with van der Waals surface area (Å²) in [6, 6.07) is 15.5. The van der Waals surface area contributed by atoms with Crippen molar-refractivity contribution < 1.29 is 19.4 Å². The van der Waals surface area contributed by atoms with E-state index in [4.69, 9.17) is 4.74 Å². The van der Waals surface area contributed by atoms with Crippen molar-refractivity contribution in [1.29, 1.82) is 0 Å². The number of amides is 1. The molecular weight excluding hydrogens is 342 g/mol. The first-order valence-corrected chi connectivity index (χ1v) is 9.34. The highest BCUT2D eigenvalue weighted by Gasteiger charge is 2.31. The van der Waals surface area contributed by atoms with E-state index in [1.165, 1.54) is 0 Å². The number of rotatable bonds is 6. The van der Waals surface area contributed by atoms with Crippen LogP contribution in [0.3, 0.4) is 0 Å². The summed E-state index contributed by atoms with van der Waals surface area (Å²) in [7, 11) is 0. The number of carbonyl (C=O) groups is 2. The summed E-state index contributed by atoms with van der Waals surface area (Å²) in [6.07, 6.45) is 2.53. The van der Waals surface area contributed by atoms with Gasteiger partial charge in [0.2, 0.25) is 5.91 Å². The number of carboxylic acids is 1. The van der Waals surface area contributed by atoms with E-state index in [1.54, 1.807) is 0 Å². The van der Waals surface area contributed by atoms with Crippen LogP contribution in [0.2, 0.25) is 0 Å². The molecule has 142 valence electrons. The predicted octanol–water partition coefficient (Wildman–Crippen LogP) is 4.40. The molecule has 0 spiro atoms. The van der Waals surface area contributed by atoms with E-state index >= 15 is 0 Å². The van der Waals surface area contributed by atoms with Gasteiger partial charge in [0.25, 0.3) is 0 Å². The molecular formula is C22H25NO4. The molecule has 1 saturated carbocycles. The molecule has 0 radical (unpaired) electrons. The Morgan fingerprint density at radius 1 is 1.11 bits per heavy atom. The molecule has 1 fully saturated rings. The Balaban J connectivity index is 1.69. The number of aryl methyl sites for hydroxylation is 1. The highest BCUT2D eigenvalue weighted by molar-refractivity contribution is 5.94. The zero-order chi connectivity index (χ0) is 19.2. The molecule has 1 aliphatic carbocycles. The summed E-state index contributed by atoms with van der Waals surface area (Å²) in [4.78, 5) is 24.0. The quantitative estimate of drug-likeness (QED) is 0.793. The Morgan fingerprint density at radius 2 is 1.85 bits per heavy atom. The standard InChI is InChI=1S/C22H25NO4/c1-15-10-11-20(27-14-16-6-3-2-4-7-16)19(12-15)23-21(24)17-8-5-9-18(13-17)22(25)26/h2-4,6-7,10-12,17-18H,5,8-9,13-14H2,1H3,(H,23,24)(H,25,26). The van der Waals surface area contributed by atoms with Crippen LogP contribution in [0.4, 0.5) is 5.69 Å². The Hall–Kier alpha value is -2.82. The molecule has 5 heteroatoms. The van der Waals surface area contributed by atoms with Gasteiger partial charge in [-0.25, -0.2) is 0 Å². The number of anilines is 1. The average molecular weight is 367 g/mol. The van der Waals surface area contributed by atoms with E-state index in [1.807, 2.05) is 55.5 Å². The smallest absolute Gasteiger partial charge is 0.306 e. The lowest BCUT2D eigenvalue weighted by atomic mass is 9.81. The number of hydrogen-bond donors (Lipinski definition) is 2. The van der Waals surface area contributed by atoms with Gasteiger partial charge in [-0.2, -0.15) is 0 Å². The monoisotopic (exact) mass is 367 g/mol. The Morgan fingerprint density at radius 3 is 2.59 bits per heavy atom. The van der Waals surface area contributed by atoms with E-state index in [9.17, 15) is 14.7 Å². The second-order valence-corrected chi connectivity index (χ2v) is 7.16. The fourth-order valence-corrected chi connectivity index (χ4v) is 3.49. The van der Waals surface area contributed by atoms with E-state index in [0.29, 0.717) is 30.9 Å². The van der Waals surface area contributed by atoms with Gasteiger partial charge in [0.15, 0.2) is 0 Å². The molecule has 5 nitrogen and oxygen atoms in total. The third-order valence-corrected chi connectivity index (χ3v) is 5.02. The molecule has 1 amide bonds. The van der Waals surface area contributed by atoms with Crippen molar-refractivity contribution in [2.24, 2.45) is 11.8 Å². The van der Waals surface area contributed by atoms with E-state index in [2.05, 4.69) is 5.32 Å². The highest BCUT2D eigenvalue weighted by Crippen LogP contribution is 2.32. The van der Waals surface area contributed by atoms with Crippen molar-refractivity contribution in [3.8, 4) is 5.75 Å². The zero-order valence-corrected chi connectivity index (χ0v) is 15.5. The third-order valence-electron chi connectivity index (χ3n) is 5.02. The first-order valence-electron chi connectivity index (χ1n) is 9.34. The molecule has 1 aliphatic rings. The number of carbonyl (C=O) groups excluding carboxylic acids is 1. The second-order valence-electron chi connectivity index (χ2n) is 7.16. The topological polar surface area (TPSA) is 75.6 Å². The maximum Gasteiger partial charge on any atom is 0.306 e. The molecule has 0 aromatic heterocycles. The number of ether oxygens (including phenoxy) is 1. The number of carboxylic acid groups (broad SMARTS) is 1. The largest absolute Gasteiger partial charge is 0.487 e. The first kappa shape index (κ1) is 19.0. The summed E-state index contributed by atoms with van der Waals surface area (Å²) < 4.78 is 5.92. The minimum absolute atomic E-state index is 0.129. The summed E-state index contributed by atoms with van der Waals surface area (Å²) in [5, 5.41) is 12.2. The van der Waals surface area contributed by atoms with Crippen molar-refractivity contribution in [3.63, 3.8) is 0 Å². The van der Waals surface area contributed by atoms with Crippen LogP contribution in [-0.4, -0.2) is 17.0 Å². The van der Waals surface area contributed by atoms with E-state index in [-0.39, 0.29) is 11.8 Å². The lowest BCUT2D eigenvalue weighted by molar-refractivity contribution is -0.143. The number of aliphatic carboxylic acids is 1. The summed E-state index contributed by atoms with van der Waals surface area (Å²) in [5.41, 5.74) is 2.70. The zero-order valence-electron chi connectivity index (χ0n) is 15.5. The molecule has 3 rings (SSSR count). The minimum Gasteiger partial charge on any atom is -0.487 e. The van der Waals surface area contributed by atoms with Crippen LogP contribution in [0.1, 0.15) is 36.8 Å². The lowest BCUT2D eigenvalue weighted by Gasteiger charge is -2.26. The first-order chi connectivity index (χ1) is 13.0. The maximum atomic E-state index is 12.7. The van der Waals surface area contributed by atoms with Gasteiger partial charge >= 0.3 is 5.97 Å². The minimum atomic E-state index is -0.810. The molecule has 2 aromatic carbocycles.